The Morgan fingerprint density at radius 3 is 2.38 bits per heavy atom. The second-order valence-corrected chi connectivity index (χ2v) is 6.16. The van der Waals surface area contributed by atoms with Crippen molar-refractivity contribution in [2.24, 2.45) is 0 Å². The van der Waals surface area contributed by atoms with E-state index in [2.05, 4.69) is 0 Å². The summed E-state index contributed by atoms with van der Waals surface area (Å²) in [4.78, 5) is -0.784. The van der Waals surface area contributed by atoms with Crippen molar-refractivity contribution in [1.29, 1.82) is 0 Å². The smallest absolute Gasteiger partial charge is 0.267 e. The fraction of sp³-hybridized carbons (Fsp3) is 0.0769. The summed E-state index contributed by atoms with van der Waals surface area (Å²) < 4.78 is 65.4. The van der Waals surface area contributed by atoms with Crippen LogP contribution in [0.3, 0.4) is 0 Å². The zero-order valence-electron chi connectivity index (χ0n) is 10.8. The van der Waals surface area contributed by atoms with E-state index in [0.717, 1.165) is 31.3 Å². The first kappa shape index (κ1) is 15.2. The van der Waals surface area contributed by atoms with Crippen molar-refractivity contribution in [3.63, 3.8) is 0 Å². The predicted octanol–water partition coefficient (Wildman–Crippen LogP) is 2.51. The Balaban J connectivity index is 2.55. The summed E-state index contributed by atoms with van der Waals surface area (Å²) in [5.41, 5.74) is 4.26. The van der Waals surface area contributed by atoms with Gasteiger partial charge in [-0.05, 0) is 30.3 Å². The van der Waals surface area contributed by atoms with Gasteiger partial charge >= 0.3 is 0 Å². The van der Waals surface area contributed by atoms with Crippen molar-refractivity contribution in [3.8, 4) is 0 Å². The molecule has 0 aromatic heterocycles. The van der Waals surface area contributed by atoms with Crippen LogP contribution in [0.15, 0.2) is 41.3 Å². The second kappa shape index (κ2) is 5.28. The maximum atomic E-state index is 13.9. The Kier molecular flexibility index (Phi) is 3.82. The Bertz CT molecular complexity index is 794. The predicted molar refractivity (Wildman–Crippen MR) is 72.8 cm³/mol. The molecule has 0 saturated heterocycles. The highest BCUT2D eigenvalue weighted by atomic mass is 32.2. The molecule has 0 amide bonds. The van der Waals surface area contributed by atoms with Gasteiger partial charge in [0.1, 0.15) is 22.2 Å². The lowest BCUT2D eigenvalue weighted by Gasteiger charge is -2.20. The number of benzene rings is 2. The van der Waals surface area contributed by atoms with E-state index in [0.29, 0.717) is 4.31 Å². The van der Waals surface area contributed by atoms with Gasteiger partial charge in [-0.2, -0.15) is 0 Å². The number of rotatable bonds is 3. The minimum atomic E-state index is -4.33. The molecular weight excluding hydrogens is 305 g/mol. The Morgan fingerprint density at radius 2 is 1.76 bits per heavy atom. The van der Waals surface area contributed by atoms with Crippen LogP contribution in [0.4, 0.5) is 24.5 Å². The lowest BCUT2D eigenvalue weighted by atomic mass is 10.3. The number of anilines is 2. The molecule has 2 aromatic rings. The first-order valence-electron chi connectivity index (χ1n) is 5.73. The molecule has 2 rings (SSSR count). The number of hydrogen-bond donors (Lipinski definition) is 1. The van der Waals surface area contributed by atoms with Crippen LogP contribution in [-0.2, 0) is 10.0 Å². The van der Waals surface area contributed by atoms with Crippen molar-refractivity contribution in [1.82, 2.24) is 0 Å². The largest absolute Gasteiger partial charge is 0.394 e. The summed E-state index contributed by atoms with van der Waals surface area (Å²) in [5.74, 6) is -3.08. The van der Waals surface area contributed by atoms with Crippen molar-refractivity contribution < 1.29 is 21.6 Å². The molecule has 0 aliphatic rings. The van der Waals surface area contributed by atoms with E-state index >= 15 is 0 Å². The van der Waals surface area contributed by atoms with Gasteiger partial charge in [0.15, 0.2) is 5.82 Å². The highest BCUT2D eigenvalue weighted by Gasteiger charge is 2.27. The van der Waals surface area contributed by atoms with Crippen LogP contribution >= 0.6 is 0 Å². The van der Waals surface area contributed by atoms with E-state index in [1.807, 2.05) is 0 Å². The van der Waals surface area contributed by atoms with Gasteiger partial charge in [0.2, 0.25) is 0 Å². The molecule has 2 N–H and O–H groups in total. The van der Waals surface area contributed by atoms with E-state index in [1.165, 1.54) is 12.1 Å². The van der Waals surface area contributed by atoms with E-state index in [9.17, 15) is 21.6 Å². The Morgan fingerprint density at radius 1 is 1.10 bits per heavy atom. The standard InChI is InChI=1S/C13H11F3N2O2S/c1-18(9-4-2-3-8(14)7-9)21(19,20)11-6-5-10(15)13(17)12(11)16/h2-7H,17H2,1H3. The molecule has 4 nitrogen and oxygen atoms in total. The average Bonchev–Trinajstić information content (AvgIpc) is 2.43. The van der Waals surface area contributed by atoms with Crippen LogP contribution in [0.2, 0.25) is 0 Å². The number of sulfonamides is 1. The van der Waals surface area contributed by atoms with E-state index < -0.39 is 38.1 Å². The molecule has 2 aromatic carbocycles. The van der Waals surface area contributed by atoms with Crippen molar-refractivity contribution >= 4 is 21.4 Å². The molecule has 0 aliphatic carbocycles. The number of nitrogens with two attached hydrogens (primary N) is 1. The summed E-state index contributed by atoms with van der Waals surface area (Å²) in [6.07, 6.45) is 0. The van der Waals surface area contributed by atoms with Gasteiger partial charge < -0.3 is 5.73 Å². The fourth-order valence-corrected chi connectivity index (χ4v) is 2.97. The van der Waals surface area contributed by atoms with Crippen LogP contribution in [0.1, 0.15) is 0 Å². The zero-order valence-corrected chi connectivity index (χ0v) is 11.7. The summed E-state index contributed by atoms with van der Waals surface area (Å²) >= 11 is 0. The van der Waals surface area contributed by atoms with Crippen LogP contribution in [0, 0.1) is 17.5 Å². The average molecular weight is 316 g/mol. The van der Waals surface area contributed by atoms with Gasteiger partial charge in [-0.25, -0.2) is 21.6 Å². The Hall–Kier alpha value is -2.22. The van der Waals surface area contributed by atoms with E-state index in [4.69, 9.17) is 5.73 Å². The maximum Gasteiger partial charge on any atom is 0.267 e. The van der Waals surface area contributed by atoms with Gasteiger partial charge in [0, 0.05) is 7.05 Å². The highest BCUT2D eigenvalue weighted by Crippen LogP contribution is 2.27. The summed E-state index contributed by atoms with van der Waals surface area (Å²) in [6.45, 7) is 0. The van der Waals surface area contributed by atoms with Gasteiger partial charge in [-0.1, -0.05) is 6.07 Å². The summed E-state index contributed by atoms with van der Waals surface area (Å²) in [5, 5.41) is 0. The third-order valence-corrected chi connectivity index (χ3v) is 4.70. The quantitative estimate of drug-likeness (QED) is 0.885. The summed E-state index contributed by atoms with van der Waals surface area (Å²) in [6, 6.07) is 6.29. The van der Waals surface area contributed by atoms with Gasteiger partial charge in [0.25, 0.3) is 10.0 Å². The minimum absolute atomic E-state index is 0.00250. The normalized spacial score (nSPS) is 11.4. The topological polar surface area (TPSA) is 63.4 Å². The van der Waals surface area contributed by atoms with Gasteiger partial charge in [-0.15, -0.1) is 0 Å². The molecule has 0 bridgehead atoms. The zero-order chi connectivity index (χ0) is 15.8. The molecular formula is C13H11F3N2O2S. The first-order chi connectivity index (χ1) is 9.75. The van der Waals surface area contributed by atoms with Crippen molar-refractivity contribution in [2.45, 2.75) is 4.90 Å². The van der Waals surface area contributed by atoms with Gasteiger partial charge in [0.05, 0.1) is 5.69 Å². The molecule has 0 saturated carbocycles. The van der Waals surface area contributed by atoms with E-state index in [1.54, 1.807) is 0 Å². The monoisotopic (exact) mass is 316 g/mol. The second-order valence-electron chi connectivity index (χ2n) is 4.23. The minimum Gasteiger partial charge on any atom is -0.394 e. The molecule has 0 aliphatic heterocycles. The van der Waals surface area contributed by atoms with Gasteiger partial charge in [-0.3, -0.25) is 4.31 Å². The van der Waals surface area contributed by atoms with Crippen molar-refractivity contribution in [2.75, 3.05) is 17.1 Å². The highest BCUT2D eigenvalue weighted by molar-refractivity contribution is 7.92. The number of hydrogen-bond acceptors (Lipinski definition) is 3. The van der Waals surface area contributed by atoms with Crippen molar-refractivity contribution in [3.05, 3.63) is 53.8 Å². The third kappa shape index (κ3) is 2.66. The maximum absolute atomic E-state index is 13.9. The molecule has 112 valence electrons. The van der Waals surface area contributed by atoms with Crippen LogP contribution in [0.5, 0.6) is 0 Å². The molecule has 0 atom stereocenters. The van der Waals surface area contributed by atoms with Crippen LogP contribution < -0.4 is 10.0 Å². The molecule has 8 heteroatoms. The number of halogens is 3. The fourth-order valence-electron chi connectivity index (χ4n) is 1.71. The summed E-state index contributed by atoms with van der Waals surface area (Å²) in [7, 11) is -3.21. The Labute approximate surface area is 119 Å². The van der Waals surface area contributed by atoms with E-state index in [-0.39, 0.29) is 5.69 Å². The van der Waals surface area contributed by atoms with Crippen LogP contribution in [-0.4, -0.2) is 15.5 Å². The molecule has 21 heavy (non-hydrogen) atoms. The lowest BCUT2D eigenvalue weighted by molar-refractivity contribution is 0.554. The molecule has 0 heterocycles. The third-order valence-electron chi connectivity index (χ3n) is 2.90. The van der Waals surface area contributed by atoms with Crippen LogP contribution in [0.25, 0.3) is 0 Å². The lowest BCUT2D eigenvalue weighted by Crippen LogP contribution is -2.27. The number of nitrogen functional groups attached to an aromatic ring is 1. The first-order valence-corrected chi connectivity index (χ1v) is 7.17. The molecule has 0 fully saturated rings. The molecule has 0 unspecified atom stereocenters. The molecule has 0 radical (unpaired) electrons. The molecule has 0 spiro atoms. The number of nitrogens with zero attached hydrogens (tertiary/aromatic N) is 1. The SMILES string of the molecule is CN(c1cccc(F)c1)S(=O)(=O)c1ccc(F)c(N)c1F.